The smallest absolute Gasteiger partial charge is 0.356 e. The number of aromatic amines is 1. The number of carboxylic acid groups (broad SMARTS) is 1. The highest BCUT2D eigenvalue weighted by atomic mass is 32.1. The van der Waals surface area contributed by atoms with Crippen LogP contribution in [-0.2, 0) is 0 Å². The van der Waals surface area contributed by atoms with Crippen molar-refractivity contribution in [2.75, 3.05) is 5.32 Å². The van der Waals surface area contributed by atoms with Crippen LogP contribution in [0, 0.1) is 0 Å². The predicted octanol–water partition coefficient (Wildman–Crippen LogP) is 1.90. The molecule has 0 aromatic carbocycles. The molecule has 0 unspecified atom stereocenters. The van der Waals surface area contributed by atoms with Crippen LogP contribution in [0.5, 0.6) is 0 Å². The number of thiocarbonyl (C=S) groups is 1. The van der Waals surface area contributed by atoms with Crippen molar-refractivity contribution in [2.24, 2.45) is 0 Å². The van der Waals surface area contributed by atoms with Gasteiger partial charge in [-0.25, -0.2) is 9.78 Å². The third kappa shape index (κ3) is 2.48. The molecular weight excluding hydrogens is 238 g/mol. The molecule has 86 valence electrons. The third-order valence-corrected chi connectivity index (χ3v) is 2.42. The van der Waals surface area contributed by atoms with Gasteiger partial charge in [0.15, 0.2) is 5.69 Å². The van der Waals surface area contributed by atoms with E-state index in [0.29, 0.717) is 10.7 Å². The van der Waals surface area contributed by atoms with Gasteiger partial charge in [-0.05, 0) is 24.3 Å². The Morgan fingerprint density at radius 3 is 2.88 bits per heavy atom. The van der Waals surface area contributed by atoms with E-state index in [1.807, 2.05) is 6.07 Å². The van der Waals surface area contributed by atoms with E-state index in [4.69, 9.17) is 17.3 Å². The van der Waals surface area contributed by atoms with Crippen LogP contribution in [0.2, 0.25) is 0 Å². The summed E-state index contributed by atoms with van der Waals surface area (Å²) in [7, 11) is 0. The van der Waals surface area contributed by atoms with Gasteiger partial charge in [-0.2, -0.15) is 0 Å². The zero-order valence-electron chi connectivity index (χ0n) is 8.68. The quantitative estimate of drug-likeness (QED) is 0.722. The number of aromatic nitrogens is 2. The average molecular weight is 247 g/mol. The fourth-order valence-electron chi connectivity index (χ4n) is 1.34. The molecule has 0 fully saturated rings. The number of carbonyl (C=O) groups is 1. The monoisotopic (exact) mass is 247 g/mol. The number of pyridine rings is 1. The molecule has 17 heavy (non-hydrogen) atoms. The van der Waals surface area contributed by atoms with Crippen LogP contribution in [0.15, 0.2) is 36.7 Å². The van der Waals surface area contributed by atoms with Gasteiger partial charge in [0.05, 0.1) is 11.4 Å². The number of carboxylic acids is 1. The van der Waals surface area contributed by atoms with Gasteiger partial charge in [0, 0.05) is 12.4 Å². The summed E-state index contributed by atoms with van der Waals surface area (Å²) in [6, 6.07) is 6.87. The highest BCUT2D eigenvalue weighted by Crippen LogP contribution is 2.13. The van der Waals surface area contributed by atoms with Gasteiger partial charge in [0.2, 0.25) is 0 Å². The molecule has 2 heterocycles. The standard InChI is InChI=1S/C11H9N3O2S/c15-11(16)9-7(3-1-6-13-9)14-10(17)8-4-2-5-12-8/h1-6,12H,(H,14,17)(H,15,16). The molecule has 0 aliphatic carbocycles. The first-order valence-electron chi connectivity index (χ1n) is 4.81. The summed E-state index contributed by atoms with van der Waals surface area (Å²) < 4.78 is 0. The normalized spacial score (nSPS) is 9.88. The number of rotatable bonds is 3. The molecule has 0 bridgehead atoms. The lowest BCUT2D eigenvalue weighted by molar-refractivity contribution is 0.0692. The van der Waals surface area contributed by atoms with Crippen molar-refractivity contribution in [3.05, 3.63) is 48.0 Å². The minimum absolute atomic E-state index is 0.0543. The maximum absolute atomic E-state index is 10.9. The molecule has 0 saturated heterocycles. The van der Waals surface area contributed by atoms with E-state index in [-0.39, 0.29) is 5.69 Å². The Morgan fingerprint density at radius 1 is 1.41 bits per heavy atom. The van der Waals surface area contributed by atoms with E-state index < -0.39 is 5.97 Å². The minimum Gasteiger partial charge on any atom is -0.476 e. The fourth-order valence-corrected chi connectivity index (χ4v) is 1.57. The number of hydrogen-bond donors (Lipinski definition) is 3. The SMILES string of the molecule is O=C(O)c1ncccc1NC(=S)c1ccc[nH]1. The lowest BCUT2D eigenvalue weighted by Crippen LogP contribution is -2.14. The van der Waals surface area contributed by atoms with Crippen LogP contribution in [0.4, 0.5) is 5.69 Å². The van der Waals surface area contributed by atoms with Crippen molar-refractivity contribution in [1.82, 2.24) is 9.97 Å². The summed E-state index contributed by atoms with van der Waals surface area (Å²) in [5.74, 6) is -1.10. The van der Waals surface area contributed by atoms with E-state index in [0.717, 1.165) is 5.69 Å². The van der Waals surface area contributed by atoms with E-state index in [9.17, 15) is 4.79 Å². The molecule has 3 N–H and O–H groups in total. The minimum atomic E-state index is -1.10. The number of nitrogens with zero attached hydrogens (tertiary/aromatic N) is 1. The molecule has 0 amide bonds. The van der Waals surface area contributed by atoms with Crippen molar-refractivity contribution in [1.29, 1.82) is 0 Å². The van der Waals surface area contributed by atoms with Crippen LogP contribution in [0.25, 0.3) is 0 Å². The topological polar surface area (TPSA) is 78.0 Å². The zero-order valence-corrected chi connectivity index (χ0v) is 9.49. The van der Waals surface area contributed by atoms with Gasteiger partial charge in [0.25, 0.3) is 0 Å². The molecule has 2 aromatic heterocycles. The van der Waals surface area contributed by atoms with Gasteiger partial charge in [-0.1, -0.05) is 12.2 Å². The summed E-state index contributed by atoms with van der Waals surface area (Å²) in [4.78, 5) is 18.1. The molecule has 0 aliphatic rings. The lowest BCUT2D eigenvalue weighted by Gasteiger charge is -2.08. The van der Waals surface area contributed by atoms with Crippen LogP contribution >= 0.6 is 12.2 Å². The van der Waals surface area contributed by atoms with Crippen molar-refractivity contribution >= 4 is 28.9 Å². The summed E-state index contributed by atoms with van der Waals surface area (Å²) in [6.07, 6.45) is 3.16. The molecule has 5 nitrogen and oxygen atoms in total. The Hall–Kier alpha value is -2.21. The molecule has 0 saturated carbocycles. The summed E-state index contributed by atoms with van der Waals surface area (Å²) in [5, 5.41) is 11.8. The average Bonchev–Trinajstić information content (AvgIpc) is 2.83. The second-order valence-corrected chi connectivity index (χ2v) is 3.65. The Kier molecular flexibility index (Phi) is 3.15. The Balaban J connectivity index is 2.25. The first-order chi connectivity index (χ1) is 8.18. The van der Waals surface area contributed by atoms with E-state index in [1.54, 1.807) is 24.4 Å². The van der Waals surface area contributed by atoms with Gasteiger partial charge in [-0.3, -0.25) is 0 Å². The second-order valence-electron chi connectivity index (χ2n) is 3.24. The van der Waals surface area contributed by atoms with Gasteiger partial charge in [0.1, 0.15) is 4.99 Å². The molecule has 2 rings (SSSR count). The van der Waals surface area contributed by atoms with Gasteiger partial charge in [-0.15, -0.1) is 0 Å². The fraction of sp³-hybridized carbons (Fsp3) is 0. The van der Waals surface area contributed by atoms with Crippen LogP contribution in [-0.4, -0.2) is 26.0 Å². The molecule has 0 spiro atoms. The maximum atomic E-state index is 10.9. The zero-order chi connectivity index (χ0) is 12.3. The number of nitrogens with one attached hydrogen (secondary N) is 2. The van der Waals surface area contributed by atoms with Crippen molar-refractivity contribution in [2.45, 2.75) is 0 Å². The highest BCUT2D eigenvalue weighted by Gasteiger charge is 2.12. The van der Waals surface area contributed by atoms with Gasteiger partial charge >= 0.3 is 5.97 Å². The summed E-state index contributed by atoms with van der Waals surface area (Å²) in [6.45, 7) is 0. The maximum Gasteiger partial charge on any atom is 0.356 e. The Morgan fingerprint density at radius 2 is 2.24 bits per heavy atom. The van der Waals surface area contributed by atoms with E-state index >= 15 is 0 Å². The molecule has 6 heteroatoms. The predicted molar refractivity (Wildman–Crippen MR) is 67.3 cm³/mol. The third-order valence-electron chi connectivity index (χ3n) is 2.10. The summed E-state index contributed by atoms with van der Waals surface area (Å²) >= 11 is 5.14. The Bertz CT molecular complexity index is 552. The molecule has 0 radical (unpaired) electrons. The first kappa shape index (κ1) is 11.3. The molecule has 0 aliphatic heterocycles. The number of aromatic carboxylic acids is 1. The Labute approximate surface area is 103 Å². The number of H-pyrrole nitrogens is 1. The van der Waals surface area contributed by atoms with Gasteiger partial charge < -0.3 is 15.4 Å². The van der Waals surface area contributed by atoms with Crippen molar-refractivity contribution in [3.8, 4) is 0 Å². The molecule has 0 atom stereocenters. The van der Waals surface area contributed by atoms with Crippen LogP contribution in [0.3, 0.4) is 0 Å². The van der Waals surface area contributed by atoms with Crippen LogP contribution in [0.1, 0.15) is 16.2 Å². The van der Waals surface area contributed by atoms with Crippen molar-refractivity contribution < 1.29 is 9.90 Å². The molecule has 2 aromatic rings. The van der Waals surface area contributed by atoms with E-state index in [2.05, 4.69) is 15.3 Å². The highest BCUT2D eigenvalue weighted by molar-refractivity contribution is 7.81. The van der Waals surface area contributed by atoms with Crippen molar-refractivity contribution in [3.63, 3.8) is 0 Å². The number of anilines is 1. The summed E-state index contributed by atoms with van der Waals surface area (Å²) in [5.41, 5.74) is 1.04. The van der Waals surface area contributed by atoms with E-state index in [1.165, 1.54) is 6.20 Å². The second kappa shape index (κ2) is 4.75. The number of hydrogen-bond acceptors (Lipinski definition) is 3. The first-order valence-corrected chi connectivity index (χ1v) is 5.22. The largest absolute Gasteiger partial charge is 0.476 e. The van der Waals surface area contributed by atoms with Crippen LogP contribution < -0.4 is 5.32 Å². The molecular formula is C11H9N3O2S. The lowest BCUT2D eigenvalue weighted by atomic mass is 10.3.